The van der Waals surface area contributed by atoms with Crippen molar-refractivity contribution in [3.05, 3.63) is 0 Å². The van der Waals surface area contributed by atoms with Crippen molar-refractivity contribution in [2.45, 2.75) is 135 Å². The number of carbonyl (C=O) groups is 1. The number of carboxylic acid groups (broad SMARTS) is 1. The summed E-state index contributed by atoms with van der Waals surface area (Å²) in [6.45, 7) is 16.2. The molecule has 48 heavy (non-hydrogen) atoms. The summed E-state index contributed by atoms with van der Waals surface area (Å²) in [5.74, 6) is 0.0122. The molecule has 2 spiro atoms. The van der Waals surface area contributed by atoms with Gasteiger partial charge in [-0.05, 0) is 109 Å². The fraction of sp³-hybridized carbons (Fsp3) is 0.973. The van der Waals surface area contributed by atoms with Gasteiger partial charge in [0.05, 0.1) is 50.7 Å². The van der Waals surface area contributed by atoms with E-state index in [1.54, 1.807) is 0 Å². The minimum Gasteiger partial charge on any atom is -0.480 e. The first-order valence-corrected chi connectivity index (χ1v) is 18.8. The maximum atomic E-state index is 13.4. The number of aliphatic carboxylic acids is 1. The van der Waals surface area contributed by atoms with Crippen LogP contribution in [0.2, 0.25) is 0 Å². The highest BCUT2D eigenvalue weighted by Gasteiger charge is 2.83. The molecule has 8 rings (SSSR count). The third-order valence-corrected chi connectivity index (χ3v) is 16.3. The Morgan fingerprint density at radius 1 is 1.04 bits per heavy atom. The number of nitrogens with zero attached hydrogens (tertiary/aromatic N) is 1. The van der Waals surface area contributed by atoms with E-state index >= 15 is 0 Å². The Labute approximate surface area is 283 Å². The van der Waals surface area contributed by atoms with Gasteiger partial charge in [-0.2, -0.15) is 13.2 Å². The van der Waals surface area contributed by atoms with Gasteiger partial charge in [-0.25, -0.2) is 0 Å². The van der Waals surface area contributed by atoms with Crippen molar-refractivity contribution in [1.29, 1.82) is 0 Å². The van der Waals surface area contributed by atoms with Crippen LogP contribution in [0.15, 0.2) is 0 Å². The summed E-state index contributed by atoms with van der Waals surface area (Å²) in [7, 11) is 0. The molecule has 8 aliphatic rings. The number of hydrogen-bond acceptors (Lipinski definition) is 7. The molecule has 272 valence electrons. The minimum absolute atomic E-state index is 0.00516. The molecule has 0 bridgehead atoms. The van der Waals surface area contributed by atoms with Crippen LogP contribution in [0.4, 0.5) is 13.2 Å². The number of rotatable bonds is 7. The van der Waals surface area contributed by atoms with Gasteiger partial charge in [0.1, 0.15) is 0 Å². The van der Waals surface area contributed by atoms with Gasteiger partial charge in [-0.1, -0.05) is 34.6 Å². The first-order chi connectivity index (χ1) is 22.6. The molecular formula is C37H57F3N2O6. The van der Waals surface area contributed by atoms with E-state index in [2.05, 4.69) is 44.8 Å². The largest absolute Gasteiger partial charge is 0.480 e. The lowest BCUT2D eigenvalue weighted by atomic mass is 9.41. The number of morpholine rings is 1. The second kappa shape index (κ2) is 11.3. The van der Waals surface area contributed by atoms with Gasteiger partial charge < -0.3 is 24.1 Å². The Bertz CT molecular complexity index is 1280. The van der Waals surface area contributed by atoms with E-state index in [9.17, 15) is 23.1 Å². The van der Waals surface area contributed by atoms with E-state index in [4.69, 9.17) is 18.9 Å². The molecule has 2 N–H and O–H groups in total. The van der Waals surface area contributed by atoms with Gasteiger partial charge in [0.2, 0.25) is 6.04 Å². The van der Waals surface area contributed by atoms with Gasteiger partial charge in [0.25, 0.3) is 0 Å². The molecule has 5 aliphatic carbocycles. The van der Waals surface area contributed by atoms with Crippen LogP contribution in [0.5, 0.6) is 0 Å². The molecule has 8 nitrogen and oxygen atoms in total. The predicted molar refractivity (Wildman–Crippen MR) is 171 cm³/mol. The molecule has 11 heteroatoms. The van der Waals surface area contributed by atoms with Crippen molar-refractivity contribution in [1.82, 2.24) is 10.2 Å². The van der Waals surface area contributed by atoms with Crippen LogP contribution in [0.25, 0.3) is 0 Å². The van der Waals surface area contributed by atoms with Gasteiger partial charge in [0.15, 0.2) is 6.29 Å². The molecule has 3 saturated heterocycles. The predicted octanol–water partition coefficient (Wildman–Crippen LogP) is 5.88. The normalized spacial score (nSPS) is 50.6. The highest BCUT2D eigenvalue weighted by atomic mass is 19.4. The zero-order valence-corrected chi connectivity index (χ0v) is 29.4. The van der Waals surface area contributed by atoms with E-state index in [1.165, 1.54) is 38.5 Å². The second-order valence-electron chi connectivity index (χ2n) is 18.4. The maximum absolute atomic E-state index is 13.4. The topological polar surface area (TPSA) is 89.5 Å². The van der Waals surface area contributed by atoms with Crippen molar-refractivity contribution in [3.8, 4) is 0 Å². The first kappa shape index (κ1) is 34.1. The Morgan fingerprint density at radius 2 is 1.77 bits per heavy atom. The average Bonchev–Trinajstić information content (AvgIpc) is 3.56. The highest BCUT2D eigenvalue weighted by molar-refractivity contribution is 5.74. The molecule has 0 aromatic heterocycles. The van der Waals surface area contributed by atoms with E-state index in [0.717, 1.165) is 39.1 Å². The third kappa shape index (κ3) is 4.79. The summed E-state index contributed by atoms with van der Waals surface area (Å²) in [6, 6.07) is -2.08. The van der Waals surface area contributed by atoms with E-state index in [-0.39, 0.29) is 41.3 Å². The van der Waals surface area contributed by atoms with E-state index < -0.39 is 24.3 Å². The van der Waals surface area contributed by atoms with E-state index in [0.29, 0.717) is 53.6 Å². The second-order valence-corrected chi connectivity index (χ2v) is 18.4. The lowest BCUT2D eigenvalue weighted by Gasteiger charge is -2.63. The molecule has 5 saturated carbocycles. The summed E-state index contributed by atoms with van der Waals surface area (Å²) >= 11 is 0. The van der Waals surface area contributed by atoms with Crippen LogP contribution in [0, 0.1) is 50.7 Å². The van der Waals surface area contributed by atoms with Crippen molar-refractivity contribution in [3.63, 3.8) is 0 Å². The van der Waals surface area contributed by atoms with Gasteiger partial charge in [0, 0.05) is 13.1 Å². The maximum Gasteiger partial charge on any atom is 0.414 e. The van der Waals surface area contributed by atoms with Crippen LogP contribution in [0.3, 0.4) is 0 Å². The molecule has 0 radical (unpaired) electrons. The molecule has 3 heterocycles. The fourth-order valence-electron chi connectivity index (χ4n) is 14.0. The quantitative estimate of drug-likeness (QED) is 0.345. The Kier molecular flexibility index (Phi) is 8.00. The van der Waals surface area contributed by atoms with Gasteiger partial charge in [-0.15, -0.1) is 0 Å². The van der Waals surface area contributed by atoms with Crippen molar-refractivity contribution < 1.29 is 42.0 Å². The standard InChI is InChI=1S/C37H57F3N2O6/c1-21-14-23(16-41-30(31(43)44)37(38,39)40)47-24-15-34(5)26-7-6-25-32(2,3)27(48-28-17-42(12-13-46-28)22-18-45-19-22)8-9-35(25)20-36(26,35)11-10-33(34,4)29(21)24/h21-30,41H,6-20H2,1-5H3,(H,43,44)/t21-,23?,24?,25?,26?,27?,28?,29?,30?,33?,34+,35?,36?/m1/s1. The van der Waals surface area contributed by atoms with Crippen LogP contribution in [-0.4, -0.2) is 98.3 Å². The number of carboxylic acids is 1. The fourth-order valence-corrected chi connectivity index (χ4v) is 14.0. The van der Waals surface area contributed by atoms with Gasteiger partial charge in [-0.3, -0.25) is 15.0 Å². The molecule has 3 aliphatic heterocycles. The number of fused-ring (bicyclic) bond motifs is 4. The summed E-state index contributed by atoms with van der Waals surface area (Å²) in [6.07, 6.45) is 4.82. The summed E-state index contributed by atoms with van der Waals surface area (Å²) in [5, 5.41) is 11.5. The average molecular weight is 683 g/mol. The highest BCUT2D eigenvalue weighted by Crippen LogP contribution is 2.89. The van der Waals surface area contributed by atoms with Crippen molar-refractivity contribution >= 4 is 5.97 Å². The number of nitrogens with one attached hydrogen (secondary N) is 1. The minimum atomic E-state index is -4.85. The Balaban J connectivity index is 0.968. The smallest absolute Gasteiger partial charge is 0.414 e. The SMILES string of the molecule is C[C@@H]1CC(CNC(C(=O)O)C(F)(F)F)OC2C[C@@]3(C)C4CCC5C(C)(C)C(OC6CN(C7COC7)CCO6)CCC56CC46CCC3(C)C21. The summed E-state index contributed by atoms with van der Waals surface area (Å²) in [5.41, 5.74) is 0.994. The number of ether oxygens (including phenoxy) is 4. The Morgan fingerprint density at radius 3 is 2.46 bits per heavy atom. The van der Waals surface area contributed by atoms with Gasteiger partial charge >= 0.3 is 12.1 Å². The summed E-state index contributed by atoms with van der Waals surface area (Å²) in [4.78, 5) is 13.8. The molecular weight excluding hydrogens is 625 g/mol. The molecule has 0 aromatic rings. The van der Waals surface area contributed by atoms with Crippen LogP contribution in [0.1, 0.15) is 92.4 Å². The number of hydrogen-bond donors (Lipinski definition) is 2. The van der Waals surface area contributed by atoms with Crippen molar-refractivity contribution in [2.75, 3.05) is 39.5 Å². The number of halogens is 3. The molecule has 0 amide bonds. The zero-order valence-electron chi connectivity index (χ0n) is 29.4. The lowest BCUT2D eigenvalue weighted by molar-refractivity contribution is -0.255. The van der Waals surface area contributed by atoms with Crippen LogP contribution >= 0.6 is 0 Å². The molecule has 8 fully saturated rings. The van der Waals surface area contributed by atoms with Crippen LogP contribution < -0.4 is 5.32 Å². The van der Waals surface area contributed by atoms with Crippen LogP contribution in [-0.2, 0) is 23.7 Å². The molecule has 11 unspecified atom stereocenters. The lowest BCUT2D eigenvalue weighted by Crippen LogP contribution is -2.59. The third-order valence-electron chi connectivity index (χ3n) is 16.3. The van der Waals surface area contributed by atoms with E-state index in [1.807, 2.05) is 0 Å². The van der Waals surface area contributed by atoms with Crippen molar-refractivity contribution in [2.24, 2.45) is 50.7 Å². The Hall–Kier alpha value is -0.980. The molecule has 13 atom stereocenters. The molecule has 0 aromatic carbocycles. The zero-order chi connectivity index (χ0) is 34.1. The first-order valence-electron chi connectivity index (χ1n) is 18.8. The monoisotopic (exact) mass is 682 g/mol. The number of alkyl halides is 3. The summed E-state index contributed by atoms with van der Waals surface area (Å²) < 4.78 is 65.3.